The van der Waals surface area contributed by atoms with Crippen molar-refractivity contribution in [3.8, 4) is 0 Å². The number of alkyl halides is 1. The van der Waals surface area contributed by atoms with Gasteiger partial charge in [-0.15, -0.1) is 0 Å². The predicted octanol–water partition coefficient (Wildman–Crippen LogP) is 3.63. The molecule has 0 amide bonds. The molecule has 0 aromatic heterocycles. The summed E-state index contributed by atoms with van der Waals surface area (Å²) in [7, 11) is 0. The van der Waals surface area contributed by atoms with Crippen molar-refractivity contribution in [2.24, 2.45) is 0 Å². The highest BCUT2D eigenvalue weighted by Crippen LogP contribution is 2.28. The molecule has 1 fully saturated rings. The molecule has 1 saturated heterocycles. The van der Waals surface area contributed by atoms with Crippen molar-refractivity contribution in [1.82, 2.24) is 4.90 Å². The van der Waals surface area contributed by atoms with Gasteiger partial charge in [0, 0.05) is 22.8 Å². The Balaban J connectivity index is 2.00. The molecule has 0 aliphatic carbocycles. The van der Waals surface area contributed by atoms with E-state index in [2.05, 4.69) is 58.7 Å². The molecule has 1 aliphatic heterocycles. The van der Waals surface area contributed by atoms with Crippen molar-refractivity contribution in [2.45, 2.75) is 18.7 Å². The fourth-order valence-corrected chi connectivity index (χ4v) is 3.95. The van der Waals surface area contributed by atoms with Crippen LogP contribution in [0.4, 0.5) is 0 Å². The molecule has 1 heterocycles. The van der Waals surface area contributed by atoms with Crippen LogP contribution in [-0.2, 0) is 6.54 Å². The number of hydrogen-bond donors (Lipinski definition) is 0. The highest BCUT2D eigenvalue weighted by atomic mass is 127. The molecule has 0 radical (unpaired) electrons. The summed E-state index contributed by atoms with van der Waals surface area (Å²) < 4.78 is 2.23. The van der Waals surface area contributed by atoms with E-state index in [0.29, 0.717) is 5.25 Å². The first-order chi connectivity index (χ1) is 7.69. The second kappa shape index (κ2) is 5.69. The van der Waals surface area contributed by atoms with E-state index in [1.165, 1.54) is 15.6 Å². The molecule has 1 aromatic rings. The van der Waals surface area contributed by atoms with Crippen LogP contribution >= 0.6 is 46.6 Å². The van der Waals surface area contributed by atoms with Gasteiger partial charge in [0.25, 0.3) is 0 Å². The summed E-state index contributed by atoms with van der Waals surface area (Å²) in [6, 6.07) is 8.72. The first-order valence-electron chi connectivity index (χ1n) is 5.26. The highest BCUT2D eigenvalue weighted by Gasteiger charge is 2.26. The zero-order chi connectivity index (χ0) is 11.5. The lowest BCUT2D eigenvalue weighted by Crippen LogP contribution is -2.24. The molecule has 1 nitrogen and oxygen atoms in total. The van der Waals surface area contributed by atoms with Gasteiger partial charge in [0.2, 0.25) is 0 Å². The van der Waals surface area contributed by atoms with Crippen molar-refractivity contribution in [3.05, 3.63) is 35.4 Å². The van der Waals surface area contributed by atoms with Gasteiger partial charge in [-0.3, -0.25) is 0 Å². The predicted molar refractivity (Wildman–Crippen MR) is 84.5 cm³/mol. The molecule has 1 atom stereocenters. The Labute approximate surface area is 120 Å². The van der Waals surface area contributed by atoms with E-state index in [4.69, 9.17) is 12.2 Å². The Kier molecular flexibility index (Phi) is 4.49. The van der Waals surface area contributed by atoms with Crippen LogP contribution in [0.5, 0.6) is 0 Å². The normalized spacial score (nSPS) is 20.5. The van der Waals surface area contributed by atoms with Crippen LogP contribution in [0.25, 0.3) is 0 Å². The summed E-state index contributed by atoms with van der Waals surface area (Å²) in [6.45, 7) is 4.17. The molecular weight excluding hydrogens is 349 g/mol. The van der Waals surface area contributed by atoms with E-state index in [9.17, 15) is 0 Å². The Hall–Kier alpha value is 0.190. The molecule has 0 saturated carbocycles. The number of aryl methyl sites for hydroxylation is 1. The smallest absolute Gasteiger partial charge is 0.137 e. The number of rotatable bonds is 3. The third-order valence-electron chi connectivity index (χ3n) is 2.62. The number of benzene rings is 1. The number of thioether (sulfide) groups is 1. The lowest BCUT2D eigenvalue weighted by atomic mass is 10.1. The second-order valence-corrected chi connectivity index (χ2v) is 6.84. The molecule has 1 unspecified atom stereocenters. The van der Waals surface area contributed by atoms with Crippen molar-refractivity contribution < 1.29 is 0 Å². The van der Waals surface area contributed by atoms with E-state index in [1.54, 1.807) is 0 Å². The summed E-state index contributed by atoms with van der Waals surface area (Å²) >= 11 is 9.68. The fraction of sp³-hybridized carbons (Fsp3) is 0.417. The van der Waals surface area contributed by atoms with Gasteiger partial charge >= 0.3 is 0 Å². The number of thiocarbonyl (C=S) groups is 1. The van der Waals surface area contributed by atoms with Gasteiger partial charge in [0.05, 0.1) is 0 Å². The third kappa shape index (κ3) is 3.11. The van der Waals surface area contributed by atoms with Gasteiger partial charge in [-0.1, -0.05) is 76.4 Å². The molecule has 1 aromatic carbocycles. The zero-order valence-corrected chi connectivity index (χ0v) is 12.9. The molecule has 4 heteroatoms. The Morgan fingerprint density at radius 2 is 2.12 bits per heavy atom. The average Bonchev–Trinajstić information content (AvgIpc) is 2.63. The molecule has 1 aliphatic rings. The fourth-order valence-electron chi connectivity index (χ4n) is 1.70. The average molecular weight is 363 g/mol. The van der Waals surface area contributed by atoms with Crippen LogP contribution in [0.2, 0.25) is 0 Å². The van der Waals surface area contributed by atoms with Crippen molar-refractivity contribution in [2.75, 3.05) is 11.0 Å². The summed E-state index contributed by atoms with van der Waals surface area (Å²) in [6.07, 6.45) is 0. The Morgan fingerprint density at radius 3 is 2.69 bits per heavy atom. The third-order valence-corrected chi connectivity index (χ3v) is 5.93. The summed E-state index contributed by atoms with van der Waals surface area (Å²) in [5.41, 5.74) is 2.66. The lowest BCUT2D eigenvalue weighted by molar-refractivity contribution is 0.445. The maximum Gasteiger partial charge on any atom is 0.137 e. The van der Waals surface area contributed by atoms with E-state index in [0.717, 1.165) is 17.4 Å². The van der Waals surface area contributed by atoms with Crippen molar-refractivity contribution in [1.29, 1.82) is 0 Å². The van der Waals surface area contributed by atoms with E-state index < -0.39 is 0 Å². The van der Waals surface area contributed by atoms with E-state index in [-0.39, 0.29) is 0 Å². The molecule has 0 N–H and O–H groups in total. The minimum Gasteiger partial charge on any atom is -0.352 e. The van der Waals surface area contributed by atoms with Crippen LogP contribution in [-0.4, -0.2) is 25.4 Å². The minimum atomic E-state index is 0.679. The summed E-state index contributed by atoms with van der Waals surface area (Å²) in [5.74, 6) is 0. The molecular formula is C12H14INS2. The van der Waals surface area contributed by atoms with Crippen molar-refractivity contribution >= 4 is 50.9 Å². The number of nitrogens with zero attached hydrogens (tertiary/aromatic N) is 1. The van der Waals surface area contributed by atoms with E-state index in [1.807, 2.05) is 11.8 Å². The number of hydrogen-bond acceptors (Lipinski definition) is 2. The SMILES string of the molecule is Cc1ccc(CN2CC(CI)SC2=S)cc1. The van der Waals surface area contributed by atoms with Gasteiger partial charge in [-0.25, -0.2) is 0 Å². The second-order valence-electron chi connectivity index (χ2n) is 4.03. The summed E-state index contributed by atoms with van der Waals surface area (Å²) in [4.78, 5) is 2.31. The van der Waals surface area contributed by atoms with E-state index >= 15 is 0 Å². The van der Waals surface area contributed by atoms with Crippen LogP contribution in [0.3, 0.4) is 0 Å². The standard InChI is InChI=1S/C12H14INS2/c1-9-2-4-10(5-3-9)7-14-8-11(6-13)16-12(14)15/h2-5,11H,6-8H2,1H3. The zero-order valence-electron chi connectivity index (χ0n) is 9.15. The summed E-state index contributed by atoms with van der Waals surface area (Å²) in [5, 5.41) is 0.679. The highest BCUT2D eigenvalue weighted by molar-refractivity contribution is 14.1. The van der Waals surface area contributed by atoms with Crippen LogP contribution in [0.1, 0.15) is 11.1 Å². The van der Waals surface area contributed by atoms with Crippen LogP contribution in [0.15, 0.2) is 24.3 Å². The largest absolute Gasteiger partial charge is 0.352 e. The van der Waals surface area contributed by atoms with Crippen molar-refractivity contribution in [3.63, 3.8) is 0 Å². The number of halogens is 1. The van der Waals surface area contributed by atoms with Gasteiger partial charge in [0.1, 0.15) is 4.32 Å². The maximum absolute atomic E-state index is 5.39. The van der Waals surface area contributed by atoms with Gasteiger partial charge in [0.15, 0.2) is 0 Å². The van der Waals surface area contributed by atoms with Gasteiger partial charge < -0.3 is 4.90 Å². The van der Waals surface area contributed by atoms with Gasteiger partial charge in [-0.2, -0.15) is 0 Å². The van der Waals surface area contributed by atoms with Crippen LogP contribution in [0, 0.1) is 6.92 Å². The van der Waals surface area contributed by atoms with Crippen LogP contribution < -0.4 is 0 Å². The van der Waals surface area contributed by atoms with Gasteiger partial charge in [-0.05, 0) is 12.5 Å². The lowest BCUT2D eigenvalue weighted by Gasteiger charge is -2.17. The first kappa shape index (κ1) is 12.6. The Bertz CT molecular complexity index is 377. The maximum atomic E-state index is 5.39. The molecule has 86 valence electrons. The molecule has 2 rings (SSSR count). The quantitative estimate of drug-likeness (QED) is 0.459. The minimum absolute atomic E-state index is 0.679. The molecule has 16 heavy (non-hydrogen) atoms. The molecule has 0 bridgehead atoms. The Morgan fingerprint density at radius 1 is 1.44 bits per heavy atom. The topological polar surface area (TPSA) is 3.24 Å². The first-order valence-corrected chi connectivity index (χ1v) is 8.07. The molecule has 0 spiro atoms. The monoisotopic (exact) mass is 363 g/mol.